The Hall–Kier alpha value is -0.157. The normalized spacial score (nSPS) is 10.8. The number of unbranched alkanes of at least 4 members (excludes halogenated alkanes) is 3. The van der Waals surface area contributed by atoms with Crippen LogP contribution in [-0.4, -0.2) is 13.3 Å². The molecule has 0 radical (unpaired) electrons. The topological polar surface area (TPSA) is 0 Å². The van der Waals surface area contributed by atoms with Gasteiger partial charge in [0.2, 0.25) is 0 Å². The van der Waals surface area contributed by atoms with Gasteiger partial charge in [-0.3, -0.25) is 0 Å². The SMILES string of the molecule is CCC[CH2][Ge]([CH]=C=C=C(C)C)([CH2]CCC)[CH2]CCC. The van der Waals surface area contributed by atoms with Crippen LogP contribution >= 0.6 is 0 Å². The molecule has 0 fully saturated rings. The molecule has 0 amide bonds. The van der Waals surface area contributed by atoms with E-state index in [0.29, 0.717) is 0 Å². The van der Waals surface area contributed by atoms with Crippen LogP contribution in [0.4, 0.5) is 0 Å². The molecule has 0 aliphatic carbocycles. The van der Waals surface area contributed by atoms with Crippen LogP contribution in [0.3, 0.4) is 0 Å². The predicted octanol–water partition coefficient (Wildman–Crippen LogP) is 6.65. The van der Waals surface area contributed by atoms with Crippen LogP contribution in [0.2, 0.25) is 15.8 Å². The molecule has 0 aromatic heterocycles. The molecule has 0 heterocycles. The summed E-state index contributed by atoms with van der Waals surface area (Å²) in [6.45, 7) is 11.2. The number of rotatable bonds is 10. The Bertz CT molecular complexity index is 289. The Labute approximate surface area is 124 Å². The van der Waals surface area contributed by atoms with E-state index in [2.05, 4.69) is 51.0 Å². The summed E-state index contributed by atoms with van der Waals surface area (Å²) in [6, 6.07) is 0. The van der Waals surface area contributed by atoms with E-state index < -0.39 is 13.3 Å². The summed E-state index contributed by atoms with van der Waals surface area (Å²) in [6.07, 6.45) is 8.27. The molecule has 0 saturated heterocycles. The number of allylic oxidation sites excluding steroid dienone is 1. The van der Waals surface area contributed by atoms with Crippen molar-refractivity contribution in [2.24, 2.45) is 0 Å². The van der Waals surface area contributed by atoms with Crippen molar-refractivity contribution >= 4 is 13.3 Å². The fraction of sp³-hybridized carbons (Fsp3) is 0.778. The van der Waals surface area contributed by atoms with E-state index >= 15 is 0 Å². The van der Waals surface area contributed by atoms with Gasteiger partial charge in [-0.25, -0.2) is 0 Å². The van der Waals surface area contributed by atoms with Gasteiger partial charge in [-0.2, -0.15) is 0 Å². The van der Waals surface area contributed by atoms with Crippen molar-refractivity contribution in [3.05, 3.63) is 21.9 Å². The van der Waals surface area contributed by atoms with Gasteiger partial charge < -0.3 is 0 Å². The molecule has 110 valence electrons. The van der Waals surface area contributed by atoms with E-state index in [1.54, 1.807) is 0 Å². The predicted molar refractivity (Wildman–Crippen MR) is 91.4 cm³/mol. The molecule has 0 spiro atoms. The molecule has 0 rings (SSSR count). The quantitative estimate of drug-likeness (QED) is 0.312. The van der Waals surface area contributed by atoms with Gasteiger partial charge in [0.05, 0.1) is 0 Å². The van der Waals surface area contributed by atoms with E-state index in [1.165, 1.54) is 59.9 Å². The second-order valence-corrected chi connectivity index (χ2v) is 15.6. The van der Waals surface area contributed by atoms with Gasteiger partial charge in [-0.05, 0) is 0 Å². The fourth-order valence-corrected chi connectivity index (χ4v) is 12.4. The fourth-order valence-electron chi connectivity index (χ4n) is 2.51. The molecule has 0 nitrogen and oxygen atoms in total. The van der Waals surface area contributed by atoms with Gasteiger partial charge in [-0.1, -0.05) is 0 Å². The average Bonchev–Trinajstić information content (AvgIpc) is 2.39. The van der Waals surface area contributed by atoms with Crippen LogP contribution in [0.1, 0.15) is 73.1 Å². The van der Waals surface area contributed by atoms with Crippen molar-refractivity contribution in [2.45, 2.75) is 88.9 Å². The first-order valence-corrected chi connectivity index (χ1v) is 13.9. The van der Waals surface area contributed by atoms with Crippen molar-refractivity contribution < 1.29 is 0 Å². The van der Waals surface area contributed by atoms with Crippen molar-refractivity contribution in [1.82, 2.24) is 0 Å². The Morgan fingerprint density at radius 2 is 1.26 bits per heavy atom. The van der Waals surface area contributed by atoms with E-state index in [0.717, 1.165) is 0 Å². The molecule has 0 atom stereocenters. The molecule has 0 bridgehead atoms. The summed E-state index contributed by atoms with van der Waals surface area (Å²) in [5, 5.41) is 4.52. The van der Waals surface area contributed by atoms with Crippen LogP contribution in [0.5, 0.6) is 0 Å². The number of hydrogen-bond donors (Lipinski definition) is 0. The first-order chi connectivity index (χ1) is 9.10. The summed E-state index contributed by atoms with van der Waals surface area (Å²) < 4.78 is 0. The molecular formula is C18H34Ge. The summed E-state index contributed by atoms with van der Waals surface area (Å²) >= 11 is -1.80. The summed E-state index contributed by atoms with van der Waals surface area (Å²) in [7, 11) is 0. The molecule has 0 aliphatic heterocycles. The molecule has 0 aliphatic rings. The molecule has 0 aromatic rings. The maximum atomic E-state index is 3.42. The Kier molecular flexibility index (Phi) is 11.6. The molecule has 0 unspecified atom stereocenters. The monoisotopic (exact) mass is 324 g/mol. The second-order valence-electron chi connectivity index (χ2n) is 6.09. The van der Waals surface area contributed by atoms with Gasteiger partial charge in [0.1, 0.15) is 0 Å². The molecule has 0 N–H and O–H groups in total. The van der Waals surface area contributed by atoms with Crippen molar-refractivity contribution in [2.75, 3.05) is 0 Å². The maximum absolute atomic E-state index is 3.42. The van der Waals surface area contributed by atoms with Gasteiger partial charge >= 0.3 is 124 Å². The van der Waals surface area contributed by atoms with E-state index in [-0.39, 0.29) is 0 Å². The average molecular weight is 323 g/mol. The van der Waals surface area contributed by atoms with Gasteiger partial charge in [0.25, 0.3) is 0 Å². The first-order valence-electron chi connectivity index (χ1n) is 8.26. The Morgan fingerprint density at radius 3 is 1.58 bits per heavy atom. The van der Waals surface area contributed by atoms with Gasteiger partial charge in [0.15, 0.2) is 0 Å². The van der Waals surface area contributed by atoms with Crippen LogP contribution in [0.15, 0.2) is 21.9 Å². The Morgan fingerprint density at radius 1 is 0.842 bits per heavy atom. The molecular weight excluding hydrogens is 289 g/mol. The van der Waals surface area contributed by atoms with E-state index in [1.807, 2.05) is 0 Å². The molecule has 0 saturated carbocycles. The third-order valence-corrected chi connectivity index (χ3v) is 13.9. The van der Waals surface area contributed by atoms with Crippen molar-refractivity contribution in [1.29, 1.82) is 0 Å². The summed E-state index contributed by atoms with van der Waals surface area (Å²) in [5.74, 6) is 0. The van der Waals surface area contributed by atoms with Crippen LogP contribution < -0.4 is 0 Å². The minimum atomic E-state index is -1.80. The third kappa shape index (κ3) is 9.39. The molecule has 0 aromatic carbocycles. The minimum absolute atomic E-state index is 1.24. The zero-order valence-corrected chi connectivity index (χ0v) is 16.0. The van der Waals surface area contributed by atoms with Crippen LogP contribution in [0.25, 0.3) is 0 Å². The van der Waals surface area contributed by atoms with E-state index in [4.69, 9.17) is 0 Å². The first kappa shape index (κ1) is 18.8. The second kappa shape index (κ2) is 11.7. The summed E-state index contributed by atoms with van der Waals surface area (Å²) in [4.78, 5) is 2.54. The zero-order chi connectivity index (χ0) is 14.6. The Balaban J connectivity index is 5.08. The summed E-state index contributed by atoms with van der Waals surface area (Å²) in [5.41, 5.74) is 7.96. The molecule has 1 heteroatoms. The van der Waals surface area contributed by atoms with Crippen molar-refractivity contribution in [3.63, 3.8) is 0 Å². The van der Waals surface area contributed by atoms with E-state index in [9.17, 15) is 0 Å². The zero-order valence-electron chi connectivity index (χ0n) is 13.9. The third-order valence-electron chi connectivity index (χ3n) is 3.79. The van der Waals surface area contributed by atoms with Crippen LogP contribution in [-0.2, 0) is 0 Å². The van der Waals surface area contributed by atoms with Gasteiger partial charge in [-0.15, -0.1) is 0 Å². The van der Waals surface area contributed by atoms with Crippen LogP contribution in [0, 0.1) is 0 Å². The van der Waals surface area contributed by atoms with Gasteiger partial charge in [0, 0.05) is 0 Å². The van der Waals surface area contributed by atoms with Crippen molar-refractivity contribution in [3.8, 4) is 0 Å². The number of hydrogen-bond acceptors (Lipinski definition) is 0. The standard InChI is InChI=1S/C18H34Ge/c1-6-9-14-19(15-10-7-2,16-11-8-3)17-12-13-18(4)5/h17H,6-11,14-16H2,1-5H3. The molecule has 19 heavy (non-hydrogen) atoms.